The molecular formula is C24H27F3N6O3. The van der Waals surface area contributed by atoms with E-state index >= 15 is 0 Å². The highest BCUT2D eigenvalue weighted by atomic mass is 19.4. The summed E-state index contributed by atoms with van der Waals surface area (Å²) >= 11 is 0. The van der Waals surface area contributed by atoms with Crippen LogP contribution in [0.4, 0.5) is 19.0 Å². The van der Waals surface area contributed by atoms with E-state index in [2.05, 4.69) is 34.9 Å². The molecule has 0 spiro atoms. The number of hydrogen-bond donors (Lipinski definition) is 0. The molecule has 4 rings (SSSR count). The molecule has 0 N–H and O–H groups in total. The van der Waals surface area contributed by atoms with Crippen molar-refractivity contribution in [1.29, 1.82) is 0 Å². The van der Waals surface area contributed by atoms with Gasteiger partial charge in [0.2, 0.25) is 5.89 Å². The van der Waals surface area contributed by atoms with Gasteiger partial charge >= 0.3 is 6.36 Å². The van der Waals surface area contributed by atoms with Gasteiger partial charge in [0.1, 0.15) is 17.9 Å². The Morgan fingerprint density at radius 1 is 1.14 bits per heavy atom. The average molecular weight is 505 g/mol. The van der Waals surface area contributed by atoms with E-state index in [1.54, 1.807) is 6.92 Å². The van der Waals surface area contributed by atoms with Gasteiger partial charge in [-0.3, -0.25) is 0 Å². The summed E-state index contributed by atoms with van der Waals surface area (Å²) in [6.45, 7) is 9.13. The fourth-order valence-electron chi connectivity index (χ4n) is 3.88. The summed E-state index contributed by atoms with van der Waals surface area (Å²) in [5.41, 5.74) is 1.79. The molecule has 0 bridgehead atoms. The first kappa shape index (κ1) is 25.4. The summed E-state index contributed by atoms with van der Waals surface area (Å²) in [6, 6.07) is 5.38. The minimum absolute atomic E-state index is 0.208. The van der Waals surface area contributed by atoms with Gasteiger partial charge in [0.15, 0.2) is 5.82 Å². The number of ether oxygens (including phenoxy) is 1. The van der Waals surface area contributed by atoms with Crippen LogP contribution < -0.4 is 14.5 Å². The molecule has 36 heavy (non-hydrogen) atoms. The van der Waals surface area contributed by atoms with Gasteiger partial charge in [-0.2, -0.15) is 9.97 Å². The van der Waals surface area contributed by atoms with Crippen LogP contribution in [0.3, 0.4) is 0 Å². The molecule has 1 aliphatic rings. The van der Waals surface area contributed by atoms with E-state index in [0.717, 1.165) is 43.1 Å². The van der Waals surface area contributed by atoms with Crippen molar-refractivity contribution in [2.45, 2.75) is 58.7 Å². The second-order valence-corrected chi connectivity index (χ2v) is 8.87. The third-order valence-electron chi connectivity index (χ3n) is 5.90. The smallest absolute Gasteiger partial charge is 0.406 e. The van der Waals surface area contributed by atoms with Gasteiger partial charge in [-0.25, -0.2) is 4.98 Å². The van der Waals surface area contributed by atoms with E-state index in [1.165, 1.54) is 30.6 Å². The third kappa shape index (κ3) is 6.10. The first-order valence-electron chi connectivity index (χ1n) is 11.6. The normalized spacial score (nSPS) is 15.4. The number of rotatable bonds is 7. The van der Waals surface area contributed by atoms with Crippen LogP contribution in [0.5, 0.6) is 11.6 Å². The van der Waals surface area contributed by atoms with E-state index in [-0.39, 0.29) is 17.6 Å². The first-order valence-corrected chi connectivity index (χ1v) is 11.6. The second kappa shape index (κ2) is 10.5. The molecule has 0 saturated carbocycles. The van der Waals surface area contributed by atoms with Crippen LogP contribution in [0.15, 0.2) is 40.3 Å². The molecule has 9 nitrogen and oxygen atoms in total. The largest absolute Gasteiger partial charge is 0.573 e. The van der Waals surface area contributed by atoms with E-state index in [0.29, 0.717) is 23.0 Å². The fourth-order valence-corrected chi connectivity index (χ4v) is 3.88. The molecule has 3 heterocycles. The van der Waals surface area contributed by atoms with Crippen molar-refractivity contribution < 1.29 is 27.3 Å². The van der Waals surface area contributed by atoms with Crippen molar-refractivity contribution in [2.75, 3.05) is 18.0 Å². The molecule has 0 aliphatic carbocycles. The van der Waals surface area contributed by atoms with Crippen molar-refractivity contribution in [2.24, 2.45) is 5.16 Å². The summed E-state index contributed by atoms with van der Waals surface area (Å²) in [4.78, 5) is 20.9. The fraction of sp³-hybridized carbons (Fsp3) is 0.458. The van der Waals surface area contributed by atoms with E-state index in [4.69, 9.17) is 9.36 Å². The quantitative estimate of drug-likeness (QED) is 0.313. The summed E-state index contributed by atoms with van der Waals surface area (Å²) in [5.74, 6) is 2.59. The highest BCUT2D eigenvalue weighted by Crippen LogP contribution is 2.32. The Labute approximate surface area is 206 Å². The Morgan fingerprint density at radius 3 is 2.44 bits per heavy atom. The molecular weight excluding hydrogens is 477 g/mol. The maximum absolute atomic E-state index is 12.3. The van der Waals surface area contributed by atoms with Gasteiger partial charge in [0, 0.05) is 24.9 Å². The molecule has 1 fully saturated rings. The molecule has 1 aromatic carbocycles. The number of halogens is 3. The minimum Gasteiger partial charge on any atom is -0.406 e. The number of alkyl halides is 3. The molecule has 1 aliphatic heterocycles. The van der Waals surface area contributed by atoms with Gasteiger partial charge in [0.05, 0.1) is 11.3 Å². The maximum atomic E-state index is 12.3. The molecule has 2 aromatic heterocycles. The first-order chi connectivity index (χ1) is 17.1. The van der Waals surface area contributed by atoms with Crippen molar-refractivity contribution >= 4 is 11.5 Å². The maximum Gasteiger partial charge on any atom is 0.573 e. The van der Waals surface area contributed by atoms with Gasteiger partial charge < -0.3 is 19.0 Å². The number of nitrogens with zero attached hydrogens (tertiary/aromatic N) is 6. The zero-order chi connectivity index (χ0) is 25.9. The van der Waals surface area contributed by atoms with Crippen LogP contribution in [0, 0.1) is 6.92 Å². The number of benzene rings is 1. The molecule has 0 unspecified atom stereocenters. The average Bonchev–Trinajstić information content (AvgIpc) is 3.34. The van der Waals surface area contributed by atoms with Crippen LogP contribution in [0.25, 0.3) is 0 Å². The van der Waals surface area contributed by atoms with Crippen LogP contribution in [-0.4, -0.2) is 45.3 Å². The predicted octanol–water partition coefficient (Wildman–Crippen LogP) is 5.38. The lowest BCUT2D eigenvalue weighted by Gasteiger charge is -2.32. The lowest BCUT2D eigenvalue weighted by atomic mass is 9.96. The summed E-state index contributed by atoms with van der Waals surface area (Å²) in [6.07, 6.45) is -1.62. The minimum atomic E-state index is -4.74. The highest BCUT2D eigenvalue weighted by Gasteiger charge is 2.31. The Kier molecular flexibility index (Phi) is 7.41. The Hall–Kier alpha value is -3.70. The lowest BCUT2D eigenvalue weighted by Crippen LogP contribution is -2.34. The molecule has 0 amide bonds. The number of aromatic nitrogens is 4. The Bertz CT molecular complexity index is 1200. The number of anilines is 1. The van der Waals surface area contributed by atoms with Crippen LogP contribution in [0.2, 0.25) is 0 Å². The number of hydrogen-bond acceptors (Lipinski definition) is 9. The highest BCUT2D eigenvalue weighted by molar-refractivity contribution is 5.98. The molecule has 0 atom stereocenters. The summed E-state index contributed by atoms with van der Waals surface area (Å²) < 4.78 is 46.4. The number of piperidine rings is 1. The number of oxime groups is 1. The molecule has 192 valence electrons. The van der Waals surface area contributed by atoms with Gasteiger partial charge in [-0.1, -0.05) is 24.2 Å². The van der Waals surface area contributed by atoms with Crippen molar-refractivity contribution in [3.05, 3.63) is 53.4 Å². The van der Waals surface area contributed by atoms with Gasteiger partial charge in [-0.05, 0) is 56.5 Å². The SMILES string of the molecule is CC(=NOc1ncnc(N2CCC(c3nc(C(C)C)no3)CC2)c1C)c1ccc(OC(F)(F)F)cc1. The lowest BCUT2D eigenvalue weighted by molar-refractivity contribution is -0.274. The van der Waals surface area contributed by atoms with Crippen molar-refractivity contribution in [3.8, 4) is 11.6 Å². The topological polar surface area (TPSA) is 98.8 Å². The molecule has 3 aromatic rings. The van der Waals surface area contributed by atoms with Gasteiger partial charge in [-0.15, -0.1) is 13.2 Å². The van der Waals surface area contributed by atoms with Crippen molar-refractivity contribution in [1.82, 2.24) is 20.1 Å². The standard InChI is InChI=1S/C24H27F3N6O3/c1-14(2)20-30-23(36-32-20)18-9-11-33(12-10-18)21-15(3)22(29-13-28-21)35-31-16(4)17-5-7-19(8-6-17)34-24(25,26)27/h5-8,13-14,18H,9-12H2,1-4H3. The monoisotopic (exact) mass is 504 g/mol. The summed E-state index contributed by atoms with van der Waals surface area (Å²) in [7, 11) is 0. The van der Waals surface area contributed by atoms with Crippen LogP contribution >= 0.6 is 0 Å². The van der Waals surface area contributed by atoms with E-state index in [1.807, 2.05) is 20.8 Å². The molecule has 1 saturated heterocycles. The Morgan fingerprint density at radius 2 is 1.83 bits per heavy atom. The second-order valence-electron chi connectivity index (χ2n) is 8.87. The zero-order valence-electron chi connectivity index (χ0n) is 20.4. The molecule has 12 heteroatoms. The summed E-state index contributed by atoms with van der Waals surface area (Å²) in [5, 5.41) is 8.17. The van der Waals surface area contributed by atoms with Crippen LogP contribution in [0.1, 0.15) is 68.3 Å². The Balaban J connectivity index is 1.39. The third-order valence-corrected chi connectivity index (χ3v) is 5.90. The van der Waals surface area contributed by atoms with E-state index in [9.17, 15) is 13.2 Å². The predicted molar refractivity (Wildman–Crippen MR) is 125 cm³/mol. The molecule has 0 radical (unpaired) electrons. The van der Waals surface area contributed by atoms with Gasteiger partial charge in [0.25, 0.3) is 5.88 Å². The van der Waals surface area contributed by atoms with Crippen LogP contribution in [-0.2, 0) is 0 Å². The zero-order valence-corrected chi connectivity index (χ0v) is 20.4. The van der Waals surface area contributed by atoms with E-state index < -0.39 is 6.36 Å². The van der Waals surface area contributed by atoms with Crippen molar-refractivity contribution in [3.63, 3.8) is 0 Å².